The molecule has 2 amide bonds. The molecule has 2 aromatic rings. The summed E-state index contributed by atoms with van der Waals surface area (Å²) in [4.78, 5) is 56.4. The van der Waals surface area contributed by atoms with E-state index in [-0.39, 0.29) is 16.9 Å². The largest absolute Gasteiger partial charge is 0.497 e. The number of amides is 2. The van der Waals surface area contributed by atoms with E-state index in [1.807, 2.05) is 39.0 Å². The molecule has 220 valence electrons. The molecule has 5 unspecified atom stereocenters. The minimum absolute atomic E-state index is 0.0271. The van der Waals surface area contributed by atoms with Gasteiger partial charge in [-0.3, -0.25) is 19.7 Å². The van der Waals surface area contributed by atoms with Crippen LogP contribution in [-0.4, -0.2) is 55.7 Å². The van der Waals surface area contributed by atoms with E-state index in [0.29, 0.717) is 30.7 Å². The van der Waals surface area contributed by atoms with Crippen molar-refractivity contribution in [3.63, 3.8) is 0 Å². The highest BCUT2D eigenvalue weighted by Crippen LogP contribution is 2.54. The summed E-state index contributed by atoms with van der Waals surface area (Å²) < 4.78 is 16.0. The lowest BCUT2D eigenvalue weighted by Crippen LogP contribution is -2.60. The summed E-state index contributed by atoms with van der Waals surface area (Å²) in [5.41, 5.74) is 0.649. The molecular formula is C31H38N2O8. The number of carbonyl (C=O) groups is 4. The van der Waals surface area contributed by atoms with Gasteiger partial charge in [-0.15, -0.1) is 0 Å². The summed E-state index contributed by atoms with van der Waals surface area (Å²) in [5, 5.41) is 14.0. The molecule has 2 aromatic carbocycles. The highest BCUT2D eigenvalue weighted by molar-refractivity contribution is 6.25. The number of rotatable bonds is 10. The van der Waals surface area contributed by atoms with Gasteiger partial charge in [-0.25, -0.2) is 9.69 Å². The number of nitrogens with one attached hydrogen (secondary N) is 1. The standard InChI is InChI=1S/C31H38N2O8/c1-8-16(4)31(30(37)38)24-23(27(34)33(28(24)35)26-17(9-2)12-11-13-18(26)10-3)25(32-31)20-14-19(39-5)15-21(40-6)22(20)29(36)41-7/h11-16,23-25,32H,8-10H2,1-7H3,(H,37,38). The van der Waals surface area contributed by atoms with Crippen LogP contribution in [0, 0.1) is 17.8 Å². The number of esters is 1. The molecule has 2 heterocycles. The zero-order valence-corrected chi connectivity index (χ0v) is 24.6. The number of ether oxygens (including phenoxy) is 3. The van der Waals surface area contributed by atoms with Gasteiger partial charge in [0.2, 0.25) is 11.8 Å². The third-order valence-electron chi connectivity index (χ3n) is 8.81. The van der Waals surface area contributed by atoms with E-state index in [0.717, 1.165) is 11.1 Å². The quantitative estimate of drug-likeness (QED) is 0.324. The van der Waals surface area contributed by atoms with Gasteiger partial charge in [-0.05, 0) is 41.5 Å². The molecule has 2 fully saturated rings. The average Bonchev–Trinajstić information content (AvgIpc) is 3.48. The van der Waals surface area contributed by atoms with Crippen LogP contribution < -0.4 is 19.7 Å². The van der Waals surface area contributed by atoms with Gasteiger partial charge in [0.05, 0.1) is 38.9 Å². The van der Waals surface area contributed by atoms with Crippen LogP contribution in [0.3, 0.4) is 0 Å². The molecule has 2 N–H and O–H groups in total. The maximum atomic E-state index is 14.5. The van der Waals surface area contributed by atoms with Crippen LogP contribution >= 0.6 is 0 Å². The number of hydrogen-bond acceptors (Lipinski definition) is 8. The minimum atomic E-state index is -1.79. The smallest absolute Gasteiger partial charge is 0.341 e. The predicted octanol–water partition coefficient (Wildman–Crippen LogP) is 3.93. The zero-order chi connectivity index (χ0) is 30.2. The fourth-order valence-corrected chi connectivity index (χ4v) is 6.57. The van der Waals surface area contributed by atoms with Gasteiger partial charge in [0.25, 0.3) is 0 Å². The van der Waals surface area contributed by atoms with E-state index in [9.17, 15) is 24.3 Å². The van der Waals surface area contributed by atoms with Crippen molar-refractivity contribution in [2.24, 2.45) is 17.8 Å². The monoisotopic (exact) mass is 566 g/mol. The molecule has 0 radical (unpaired) electrons. The van der Waals surface area contributed by atoms with Crippen molar-refractivity contribution >= 4 is 29.4 Å². The number of aliphatic carboxylic acids is 1. The van der Waals surface area contributed by atoms with Crippen molar-refractivity contribution < 1.29 is 38.5 Å². The number of benzene rings is 2. The first kappa shape index (κ1) is 30.0. The van der Waals surface area contributed by atoms with E-state index in [4.69, 9.17) is 14.2 Å². The van der Waals surface area contributed by atoms with Crippen LogP contribution in [0.4, 0.5) is 5.69 Å². The Bertz CT molecular complexity index is 1370. The molecule has 0 bridgehead atoms. The van der Waals surface area contributed by atoms with E-state index >= 15 is 0 Å². The number of carbonyl (C=O) groups excluding carboxylic acids is 3. The van der Waals surface area contributed by atoms with Gasteiger partial charge in [-0.2, -0.15) is 0 Å². The van der Waals surface area contributed by atoms with Crippen molar-refractivity contribution in [3.8, 4) is 11.5 Å². The Morgan fingerprint density at radius 3 is 2.15 bits per heavy atom. The molecule has 0 saturated carbocycles. The second-order valence-corrected chi connectivity index (χ2v) is 10.5. The van der Waals surface area contributed by atoms with Gasteiger partial charge in [-0.1, -0.05) is 52.3 Å². The number of fused-ring (bicyclic) bond motifs is 1. The zero-order valence-electron chi connectivity index (χ0n) is 24.6. The first-order valence-corrected chi connectivity index (χ1v) is 13.9. The Morgan fingerprint density at radius 1 is 1.02 bits per heavy atom. The molecule has 2 saturated heterocycles. The molecule has 4 rings (SSSR count). The van der Waals surface area contributed by atoms with Crippen LogP contribution in [0.2, 0.25) is 0 Å². The Morgan fingerprint density at radius 2 is 1.66 bits per heavy atom. The Labute approximate surface area is 240 Å². The maximum Gasteiger partial charge on any atom is 0.341 e. The fraction of sp³-hybridized carbons (Fsp3) is 0.484. The van der Waals surface area contributed by atoms with Gasteiger partial charge in [0.1, 0.15) is 22.6 Å². The van der Waals surface area contributed by atoms with Crippen molar-refractivity contribution in [2.75, 3.05) is 26.2 Å². The number of hydrogen-bond donors (Lipinski definition) is 2. The SMILES string of the molecule is CCc1cccc(CC)c1N1C(=O)C2C(c3cc(OC)cc(OC)c3C(=O)OC)NC(C(=O)O)(C(C)CC)C2C1=O. The first-order chi connectivity index (χ1) is 19.6. The second kappa shape index (κ2) is 11.5. The fourth-order valence-electron chi connectivity index (χ4n) is 6.57. The van der Waals surface area contributed by atoms with Gasteiger partial charge in [0, 0.05) is 12.1 Å². The molecule has 41 heavy (non-hydrogen) atoms. The maximum absolute atomic E-state index is 14.5. The first-order valence-electron chi connectivity index (χ1n) is 13.9. The van der Waals surface area contributed by atoms with E-state index in [1.54, 1.807) is 13.0 Å². The normalized spacial score (nSPS) is 24.3. The molecule has 10 heteroatoms. The van der Waals surface area contributed by atoms with Crippen molar-refractivity contribution in [1.82, 2.24) is 5.32 Å². The third-order valence-corrected chi connectivity index (χ3v) is 8.81. The number of aryl methyl sites for hydroxylation is 2. The lowest BCUT2D eigenvalue weighted by molar-refractivity contribution is -0.151. The summed E-state index contributed by atoms with van der Waals surface area (Å²) in [6.07, 6.45) is 1.58. The van der Waals surface area contributed by atoms with Crippen LogP contribution in [0.25, 0.3) is 0 Å². The van der Waals surface area contributed by atoms with Crippen LogP contribution in [0.5, 0.6) is 11.5 Å². The van der Waals surface area contributed by atoms with Crippen molar-refractivity contribution in [2.45, 2.75) is 58.5 Å². The predicted molar refractivity (Wildman–Crippen MR) is 151 cm³/mol. The highest BCUT2D eigenvalue weighted by Gasteiger charge is 2.70. The molecule has 0 spiro atoms. The third kappa shape index (κ3) is 4.45. The van der Waals surface area contributed by atoms with Gasteiger partial charge < -0.3 is 19.3 Å². The van der Waals surface area contributed by atoms with Gasteiger partial charge >= 0.3 is 11.9 Å². The van der Waals surface area contributed by atoms with Crippen LogP contribution in [-0.2, 0) is 32.0 Å². The lowest BCUT2D eigenvalue weighted by Gasteiger charge is -2.36. The van der Waals surface area contributed by atoms with Crippen LogP contribution in [0.1, 0.15) is 67.2 Å². The molecule has 5 atom stereocenters. The van der Waals surface area contributed by atoms with E-state index < -0.39 is 53.1 Å². The van der Waals surface area contributed by atoms with E-state index in [1.165, 1.54) is 32.3 Å². The van der Waals surface area contributed by atoms with Crippen LogP contribution in [0.15, 0.2) is 30.3 Å². The van der Waals surface area contributed by atoms with E-state index in [2.05, 4.69) is 5.32 Å². The molecule has 0 aliphatic carbocycles. The summed E-state index contributed by atoms with van der Waals surface area (Å²) in [5.74, 6) is -5.48. The summed E-state index contributed by atoms with van der Waals surface area (Å²) in [6, 6.07) is 7.68. The highest BCUT2D eigenvalue weighted by atomic mass is 16.5. The average molecular weight is 567 g/mol. The summed E-state index contributed by atoms with van der Waals surface area (Å²) >= 11 is 0. The second-order valence-electron chi connectivity index (χ2n) is 10.5. The Hall–Kier alpha value is -3.92. The Balaban J connectivity index is 2.05. The molecule has 10 nitrogen and oxygen atoms in total. The van der Waals surface area contributed by atoms with Crippen molar-refractivity contribution in [1.29, 1.82) is 0 Å². The summed E-state index contributed by atoms with van der Waals surface area (Å²) in [7, 11) is 4.06. The topological polar surface area (TPSA) is 131 Å². The number of imide groups is 1. The molecule has 0 aromatic heterocycles. The number of anilines is 1. The molecule has 2 aliphatic rings. The number of para-hydroxylation sites is 1. The number of carboxylic acids is 1. The number of methoxy groups -OCH3 is 3. The molecule has 2 aliphatic heterocycles. The molecular weight excluding hydrogens is 528 g/mol. The summed E-state index contributed by atoms with van der Waals surface area (Å²) in [6.45, 7) is 7.49. The van der Waals surface area contributed by atoms with Crippen molar-refractivity contribution in [3.05, 3.63) is 52.6 Å². The number of carboxylic acid groups (broad SMARTS) is 1. The Kier molecular flexibility index (Phi) is 8.44. The lowest BCUT2D eigenvalue weighted by atomic mass is 9.71. The number of nitrogens with zero attached hydrogens (tertiary/aromatic N) is 1. The minimum Gasteiger partial charge on any atom is -0.497 e. The van der Waals surface area contributed by atoms with Gasteiger partial charge in [0.15, 0.2) is 0 Å².